The van der Waals surface area contributed by atoms with Crippen LogP contribution in [0.3, 0.4) is 0 Å². The van der Waals surface area contributed by atoms with Crippen molar-refractivity contribution in [1.29, 1.82) is 0 Å². The maximum atomic E-state index is 9.70. The Kier molecular flexibility index (Phi) is 7.83. The molecule has 0 aliphatic heterocycles. The summed E-state index contributed by atoms with van der Waals surface area (Å²) in [6.07, 6.45) is 1.08. The number of aliphatic carboxylic acids is 1. The van der Waals surface area contributed by atoms with Gasteiger partial charge in [0.25, 0.3) is 0 Å². The predicted molar refractivity (Wildman–Crippen MR) is 30.3 cm³/mol. The van der Waals surface area contributed by atoms with Gasteiger partial charge in [0.1, 0.15) is 0 Å². The molecule has 0 atom stereocenters. The van der Waals surface area contributed by atoms with Crippen molar-refractivity contribution >= 4 is 21.9 Å². The molecule has 0 bridgehead atoms. The van der Waals surface area contributed by atoms with Crippen molar-refractivity contribution in [3.05, 3.63) is 10.6 Å². The fourth-order valence-corrected chi connectivity index (χ4v) is 0.366. The topological polar surface area (TPSA) is 37.3 Å². The van der Waals surface area contributed by atoms with Crippen LogP contribution in [0.2, 0.25) is 0 Å². The third-order valence-corrected chi connectivity index (χ3v) is 0.551. The van der Waals surface area contributed by atoms with E-state index in [9.17, 15) is 4.79 Å². The van der Waals surface area contributed by atoms with Crippen molar-refractivity contribution in [2.75, 3.05) is 0 Å². The van der Waals surface area contributed by atoms with E-state index in [1.54, 1.807) is 6.92 Å². The van der Waals surface area contributed by atoms with Gasteiger partial charge in [-0.15, -0.1) is 0 Å². The molecule has 0 aromatic carbocycles. The van der Waals surface area contributed by atoms with Gasteiger partial charge in [-0.2, -0.15) is 0 Å². The van der Waals surface area contributed by atoms with Crippen LogP contribution in [0, 0.1) is 0 Å². The Morgan fingerprint density at radius 2 is 2.12 bits per heavy atom. The second-order valence-electron chi connectivity index (χ2n) is 1.07. The molecule has 1 N–H and O–H groups in total. The summed E-state index contributed by atoms with van der Waals surface area (Å²) in [6, 6.07) is 0. The molecule has 0 unspecified atom stereocenters. The van der Waals surface area contributed by atoms with Crippen molar-refractivity contribution in [3.8, 4) is 0 Å². The molecule has 1 radical (unpaired) electrons. The number of allylic oxidation sites excluding steroid dienone is 1. The molecule has 0 saturated carbocycles. The van der Waals surface area contributed by atoms with Crippen LogP contribution in [0.4, 0.5) is 0 Å². The summed E-state index contributed by atoms with van der Waals surface area (Å²) < 4.78 is 0.625. The Hall–Kier alpha value is 0.430. The monoisotopic (exact) mass is 271 g/mol. The summed E-state index contributed by atoms with van der Waals surface area (Å²) in [4.78, 5) is 9.70. The van der Waals surface area contributed by atoms with E-state index < -0.39 is 5.97 Å². The zero-order valence-electron chi connectivity index (χ0n) is 4.11. The van der Waals surface area contributed by atoms with Gasteiger partial charge in [0, 0.05) is 28.5 Å². The average Bonchev–Trinajstić information content (AvgIpc) is 1.27. The van der Waals surface area contributed by atoms with Crippen LogP contribution in [-0.2, 0) is 27.2 Å². The van der Waals surface area contributed by atoms with Crippen LogP contribution < -0.4 is 0 Å². The maximum Gasteiger partial charge on any atom is 0.329 e. The number of carboxylic acid groups (broad SMARTS) is 1. The quantitative estimate of drug-likeness (QED) is 0.578. The van der Waals surface area contributed by atoms with E-state index in [0.29, 0.717) is 4.48 Å². The van der Waals surface area contributed by atoms with Gasteiger partial charge in [-0.1, -0.05) is 15.9 Å². The molecule has 2 nitrogen and oxygen atoms in total. The van der Waals surface area contributed by atoms with E-state index in [1.165, 1.54) is 0 Å². The van der Waals surface area contributed by atoms with Gasteiger partial charge in [-0.25, -0.2) is 4.79 Å². The number of halogens is 1. The molecule has 4 heteroatoms. The van der Waals surface area contributed by atoms with Crippen molar-refractivity contribution in [2.45, 2.75) is 6.92 Å². The van der Waals surface area contributed by atoms with Crippen LogP contribution in [0.25, 0.3) is 0 Å². The smallest absolute Gasteiger partial charge is 0.329 e. The number of carboxylic acids is 1. The van der Waals surface area contributed by atoms with Gasteiger partial charge in [0.2, 0.25) is 0 Å². The molecular formula is C4H5AgBrO2. The predicted octanol–water partition coefficient (Wildman–Crippen LogP) is 1.37. The molecule has 0 aromatic heterocycles. The largest absolute Gasteiger partial charge is 0.478 e. The van der Waals surface area contributed by atoms with E-state index in [1.807, 2.05) is 0 Å². The minimum atomic E-state index is -0.922. The van der Waals surface area contributed by atoms with E-state index in [0.717, 1.165) is 6.08 Å². The molecule has 0 aromatic rings. The summed E-state index contributed by atoms with van der Waals surface area (Å²) in [5, 5.41) is 7.98. The van der Waals surface area contributed by atoms with Gasteiger partial charge in [0.05, 0.1) is 0 Å². The Morgan fingerprint density at radius 3 is 2.12 bits per heavy atom. The Bertz CT molecular complexity index is 107. The number of hydrogen-bond acceptors (Lipinski definition) is 1. The Morgan fingerprint density at radius 1 is 1.75 bits per heavy atom. The minimum Gasteiger partial charge on any atom is -0.478 e. The second-order valence-corrected chi connectivity index (χ2v) is 2.32. The fourth-order valence-electron chi connectivity index (χ4n) is 0.170. The van der Waals surface area contributed by atoms with E-state index in [4.69, 9.17) is 5.11 Å². The number of carbonyl (C=O) groups is 1. The van der Waals surface area contributed by atoms with Crippen LogP contribution >= 0.6 is 15.9 Å². The van der Waals surface area contributed by atoms with E-state index >= 15 is 0 Å². The third kappa shape index (κ3) is 9.66. The zero-order valence-corrected chi connectivity index (χ0v) is 7.18. The summed E-state index contributed by atoms with van der Waals surface area (Å²) in [5.74, 6) is -0.922. The molecule has 0 rings (SSSR count). The first-order chi connectivity index (χ1) is 3.13. The molecule has 0 amide bonds. The van der Waals surface area contributed by atoms with Crippen molar-refractivity contribution in [3.63, 3.8) is 0 Å². The molecule has 8 heavy (non-hydrogen) atoms. The summed E-state index contributed by atoms with van der Waals surface area (Å²) in [6.45, 7) is 1.66. The Balaban J connectivity index is 0. The standard InChI is InChI=1S/C4H5BrO2.Ag/c1-3(5)2-4(6)7;/h2H,1H3,(H,6,7);/b3-2-;. The van der Waals surface area contributed by atoms with Crippen LogP contribution in [0.1, 0.15) is 6.92 Å². The van der Waals surface area contributed by atoms with Crippen LogP contribution in [0.15, 0.2) is 10.6 Å². The molecular weight excluding hydrogens is 268 g/mol. The SMILES string of the molecule is C/C(Br)=C/C(=O)O.[Ag]. The summed E-state index contributed by atoms with van der Waals surface area (Å²) >= 11 is 2.96. The molecule has 0 aliphatic rings. The first-order valence-corrected chi connectivity index (χ1v) is 2.49. The molecule has 0 aliphatic carbocycles. The van der Waals surface area contributed by atoms with Crippen molar-refractivity contribution in [2.24, 2.45) is 0 Å². The third-order valence-electron chi connectivity index (χ3n) is 0.322. The average molecular weight is 273 g/mol. The fraction of sp³-hybridized carbons (Fsp3) is 0.250. The van der Waals surface area contributed by atoms with Crippen molar-refractivity contribution in [1.82, 2.24) is 0 Å². The summed E-state index contributed by atoms with van der Waals surface area (Å²) in [7, 11) is 0. The Labute approximate surface area is 71.6 Å². The first kappa shape index (κ1) is 11.3. The van der Waals surface area contributed by atoms with Crippen LogP contribution in [-0.4, -0.2) is 11.1 Å². The first-order valence-electron chi connectivity index (χ1n) is 1.69. The van der Waals surface area contributed by atoms with Crippen LogP contribution in [0.5, 0.6) is 0 Å². The normalized spacial score (nSPS) is 10.0. The van der Waals surface area contributed by atoms with E-state index in [2.05, 4.69) is 15.9 Å². The summed E-state index contributed by atoms with van der Waals surface area (Å²) in [5.41, 5.74) is 0. The number of hydrogen-bond donors (Lipinski definition) is 1. The van der Waals surface area contributed by atoms with Gasteiger partial charge in [-0.05, 0) is 11.4 Å². The van der Waals surface area contributed by atoms with Crippen molar-refractivity contribution < 1.29 is 32.3 Å². The minimum absolute atomic E-state index is 0. The van der Waals surface area contributed by atoms with Gasteiger partial charge in [-0.3, -0.25) is 0 Å². The molecule has 0 fully saturated rings. The number of rotatable bonds is 1. The molecule has 0 spiro atoms. The maximum absolute atomic E-state index is 9.70. The second kappa shape index (κ2) is 5.56. The van der Waals surface area contributed by atoms with Gasteiger partial charge >= 0.3 is 5.97 Å². The molecule has 0 heterocycles. The van der Waals surface area contributed by atoms with Gasteiger partial charge < -0.3 is 5.11 Å². The zero-order chi connectivity index (χ0) is 5.86. The van der Waals surface area contributed by atoms with Gasteiger partial charge in [0.15, 0.2) is 0 Å². The van der Waals surface area contributed by atoms with E-state index in [-0.39, 0.29) is 22.4 Å². The molecule has 0 saturated heterocycles. The molecule has 51 valence electrons.